The minimum atomic E-state index is -0.248. The van der Waals surface area contributed by atoms with Crippen LogP contribution in [0, 0.1) is 5.92 Å². The van der Waals surface area contributed by atoms with Gasteiger partial charge < -0.3 is 10.4 Å². The molecule has 0 fully saturated rings. The molecule has 0 aliphatic heterocycles. The minimum Gasteiger partial charge on any atom is -0.392 e. The highest BCUT2D eigenvalue weighted by atomic mass is 16.3. The SMILES string of the molecule is CC(C)C(O)CNCCc1ccncc1. The van der Waals surface area contributed by atoms with E-state index in [2.05, 4.69) is 10.3 Å². The van der Waals surface area contributed by atoms with Crippen LogP contribution in [0.3, 0.4) is 0 Å². The van der Waals surface area contributed by atoms with Crippen molar-refractivity contribution in [1.82, 2.24) is 10.3 Å². The van der Waals surface area contributed by atoms with Crippen LogP contribution in [0.1, 0.15) is 19.4 Å². The fourth-order valence-electron chi connectivity index (χ4n) is 1.27. The van der Waals surface area contributed by atoms with Gasteiger partial charge in [0.2, 0.25) is 0 Å². The van der Waals surface area contributed by atoms with Crippen molar-refractivity contribution in [3.63, 3.8) is 0 Å². The van der Waals surface area contributed by atoms with Gasteiger partial charge >= 0.3 is 0 Å². The number of aliphatic hydroxyl groups excluding tert-OH is 1. The van der Waals surface area contributed by atoms with Gasteiger partial charge in [-0.3, -0.25) is 4.98 Å². The second kappa shape index (κ2) is 6.53. The van der Waals surface area contributed by atoms with E-state index in [1.54, 1.807) is 12.4 Å². The van der Waals surface area contributed by atoms with Crippen LogP contribution >= 0.6 is 0 Å². The summed E-state index contributed by atoms with van der Waals surface area (Å²) in [6, 6.07) is 4.03. The Kier molecular flexibility index (Phi) is 5.29. The quantitative estimate of drug-likeness (QED) is 0.691. The van der Waals surface area contributed by atoms with E-state index in [-0.39, 0.29) is 6.10 Å². The summed E-state index contributed by atoms with van der Waals surface area (Å²) in [5.41, 5.74) is 1.27. The van der Waals surface area contributed by atoms with Crippen molar-refractivity contribution in [2.75, 3.05) is 13.1 Å². The molecule has 0 amide bonds. The van der Waals surface area contributed by atoms with Crippen LogP contribution < -0.4 is 5.32 Å². The van der Waals surface area contributed by atoms with Gasteiger partial charge in [0, 0.05) is 18.9 Å². The molecule has 1 aromatic heterocycles. The first kappa shape index (κ1) is 12.1. The van der Waals surface area contributed by atoms with Crippen LogP contribution in [0.15, 0.2) is 24.5 Å². The summed E-state index contributed by atoms with van der Waals surface area (Å²) in [5.74, 6) is 0.318. The molecular formula is C12H20N2O. The van der Waals surface area contributed by atoms with Crippen molar-refractivity contribution in [3.05, 3.63) is 30.1 Å². The fraction of sp³-hybridized carbons (Fsp3) is 0.583. The maximum atomic E-state index is 9.55. The van der Waals surface area contributed by atoms with Crippen molar-refractivity contribution >= 4 is 0 Å². The summed E-state index contributed by atoms with van der Waals surface area (Å²) in [5, 5.41) is 12.8. The van der Waals surface area contributed by atoms with Gasteiger partial charge in [-0.05, 0) is 36.6 Å². The Morgan fingerprint density at radius 3 is 2.60 bits per heavy atom. The Labute approximate surface area is 91.5 Å². The number of pyridine rings is 1. The molecule has 2 N–H and O–H groups in total. The van der Waals surface area contributed by atoms with Crippen molar-refractivity contribution in [1.29, 1.82) is 0 Å². The molecule has 1 atom stereocenters. The van der Waals surface area contributed by atoms with E-state index in [9.17, 15) is 5.11 Å². The van der Waals surface area contributed by atoms with Crippen LogP contribution in [0.2, 0.25) is 0 Å². The maximum absolute atomic E-state index is 9.55. The number of aliphatic hydroxyl groups is 1. The zero-order valence-electron chi connectivity index (χ0n) is 9.48. The summed E-state index contributed by atoms with van der Waals surface area (Å²) in [7, 11) is 0. The van der Waals surface area contributed by atoms with Gasteiger partial charge in [-0.15, -0.1) is 0 Å². The van der Waals surface area contributed by atoms with Crippen molar-refractivity contribution in [2.24, 2.45) is 5.92 Å². The Balaban J connectivity index is 2.12. The van der Waals surface area contributed by atoms with E-state index >= 15 is 0 Å². The molecule has 1 aromatic rings. The Bertz CT molecular complexity index is 262. The predicted molar refractivity (Wildman–Crippen MR) is 61.7 cm³/mol. The molecule has 0 bridgehead atoms. The monoisotopic (exact) mass is 208 g/mol. The van der Waals surface area contributed by atoms with Crippen LogP contribution in [-0.4, -0.2) is 29.3 Å². The van der Waals surface area contributed by atoms with E-state index < -0.39 is 0 Å². The second-order valence-electron chi connectivity index (χ2n) is 4.12. The maximum Gasteiger partial charge on any atom is 0.0687 e. The minimum absolute atomic E-state index is 0.248. The Hall–Kier alpha value is -0.930. The third-order valence-corrected chi connectivity index (χ3v) is 2.46. The van der Waals surface area contributed by atoms with Crippen LogP contribution in [0.4, 0.5) is 0 Å². The first-order chi connectivity index (χ1) is 7.20. The number of hydrogen-bond acceptors (Lipinski definition) is 3. The molecule has 0 radical (unpaired) electrons. The van der Waals surface area contributed by atoms with Crippen LogP contribution in [0.5, 0.6) is 0 Å². The zero-order chi connectivity index (χ0) is 11.1. The molecule has 3 nitrogen and oxygen atoms in total. The molecule has 0 saturated carbocycles. The smallest absolute Gasteiger partial charge is 0.0687 e. The number of aromatic nitrogens is 1. The van der Waals surface area contributed by atoms with Gasteiger partial charge in [0.1, 0.15) is 0 Å². The standard InChI is InChI=1S/C12H20N2O/c1-10(2)12(15)9-14-8-5-11-3-6-13-7-4-11/h3-4,6-7,10,12,14-15H,5,8-9H2,1-2H3. The summed E-state index contributed by atoms with van der Waals surface area (Å²) >= 11 is 0. The summed E-state index contributed by atoms with van der Waals surface area (Å²) in [6.45, 7) is 5.61. The van der Waals surface area contributed by atoms with Gasteiger partial charge in [-0.25, -0.2) is 0 Å². The highest BCUT2D eigenvalue weighted by molar-refractivity contribution is 5.09. The second-order valence-corrected chi connectivity index (χ2v) is 4.12. The van der Waals surface area contributed by atoms with Gasteiger partial charge in [0.15, 0.2) is 0 Å². The lowest BCUT2D eigenvalue weighted by atomic mass is 10.1. The lowest BCUT2D eigenvalue weighted by Crippen LogP contribution is -2.31. The highest BCUT2D eigenvalue weighted by Gasteiger charge is 2.07. The number of nitrogens with zero attached hydrogens (tertiary/aromatic N) is 1. The van der Waals surface area contributed by atoms with Crippen molar-refractivity contribution in [3.8, 4) is 0 Å². The molecule has 0 aliphatic carbocycles. The molecule has 15 heavy (non-hydrogen) atoms. The molecule has 1 rings (SSSR count). The average molecular weight is 208 g/mol. The van der Waals surface area contributed by atoms with Gasteiger partial charge in [0.05, 0.1) is 6.10 Å². The number of nitrogens with one attached hydrogen (secondary N) is 1. The zero-order valence-corrected chi connectivity index (χ0v) is 9.48. The molecule has 3 heteroatoms. The Morgan fingerprint density at radius 1 is 1.33 bits per heavy atom. The lowest BCUT2D eigenvalue weighted by molar-refractivity contribution is 0.124. The normalized spacial score (nSPS) is 13.1. The summed E-state index contributed by atoms with van der Waals surface area (Å²) in [6.07, 6.45) is 4.34. The average Bonchev–Trinajstić information content (AvgIpc) is 2.25. The van der Waals surface area contributed by atoms with Crippen molar-refractivity contribution < 1.29 is 5.11 Å². The molecule has 0 saturated heterocycles. The van der Waals surface area contributed by atoms with Crippen LogP contribution in [0.25, 0.3) is 0 Å². The first-order valence-electron chi connectivity index (χ1n) is 5.48. The van der Waals surface area contributed by atoms with Crippen LogP contribution in [-0.2, 0) is 6.42 Å². The summed E-state index contributed by atoms with van der Waals surface area (Å²) in [4.78, 5) is 3.96. The number of hydrogen-bond donors (Lipinski definition) is 2. The highest BCUT2D eigenvalue weighted by Crippen LogP contribution is 1.99. The molecule has 84 valence electrons. The fourth-order valence-corrected chi connectivity index (χ4v) is 1.27. The van der Waals surface area contributed by atoms with Gasteiger partial charge in [0.25, 0.3) is 0 Å². The van der Waals surface area contributed by atoms with E-state index in [0.29, 0.717) is 12.5 Å². The Morgan fingerprint density at radius 2 is 2.00 bits per heavy atom. The van der Waals surface area contributed by atoms with E-state index in [1.807, 2.05) is 26.0 Å². The lowest BCUT2D eigenvalue weighted by Gasteiger charge is -2.14. The van der Waals surface area contributed by atoms with Gasteiger partial charge in [-0.1, -0.05) is 13.8 Å². The topological polar surface area (TPSA) is 45.1 Å². The molecule has 0 spiro atoms. The molecule has 1 unspecified atom stereocenters. The molecule has 0 aromatic carbocycles. The van der Waals surface area contributed by atoms with E-state index in [4.69, 9.17) is 0 Å². The number of rotatable bonds is 6. The molecular weight excluding hydrogens is 188 g/mol. The largest absolute Gasteiger partial charge is 0.392 e. The third-order valence-electron chi connectivity index (χ3n) is 2.46. The third kappa shape index (κ3) is 4.91. The molecule has 0 aliphatic rings. The predicted octanol–water partition coefficient (Wildman–Crippen LogP) is 1.23. The molecule has 1 heterocycles. The van der Waals surface area contributed by atoms with Gasteiger partial charge in [-0.2, -0.15) is 0 Å². The first-order valence-corrected chi connectivity index (χ1v) is 5.48. The van der Waals surface area contributed by atoms with E-state index in [1.165, 1.54) is 5.56 Å². The van der Waals surface area contributed by atoms with E-state index in [0.717, 1.165) is 13.0 Å². The summed E-state index contributed by atoms with van der Waals surface area (Å²) < 4.78 is 0. The van der Waals surface area contributed by atoms with Crippen molar-refractivity contribution in [2.45, 2.75) is 26.4 Å².